The van der Waals surface area contributed by atoms with Crippen molar-refractivity contribution in [3.8, 4) is 0 Å². The van der Waals surface area contributed by atoms with Gasteiger partial charge in [-0.1, -0.05) is 29.5 Å². The Balaban J connectivity index is 1.55. The van der Waals surface area contributed by atoms with Crippen molar-refractivity contribution in [3.05, 3.63) is 64.7 Å². The summed E-state index contributed by atoms with van der Waals surface area (Å²) in [6.07, 6.45) is 2.73. The minimum Gasteiger partial charge on any atom is -0.345 e. The molecule has 0 aliphatic heterocycles. The van der Waals surface area contributed by atoms with Crippen molar-refractivity contribution < 1.29 is 4.79 Å². The van der Waals surface area contributed by atoms with Crippen LogP contribution in [-0.2, 0) is 11.3 Å². The van der Waals surface area contributed by atoms with Crippen LogP contribution in [0.4, 0.5) is 0 Å². The summed E-state index contributed by atoms with van der Waals surface area (Å²) in [6, 6.07) is 14.4. The average molecular weight is 408 g/mol. The summed E-state index contributed by atoms with van der Waals surface area (Å²) in [5.41, 5.74) is 1.94. The predicted molar refractivity (Wildman–Crippen MR) is 114 cm³/mol. The van der Waals surface area contributed by atoms with Crippen LogP contribution < -0.4 is 10.9 Å². The first kappa shape index (κ1) is 19.1. The maximum absolute atomic E-state index is 12.7. The number of aromatic nitrogens is 5. The molecule has 0 spiro atoms. The molecule has 29 heavy (non-hydrogen) atoms. The number of imidazole rings is 1. The van der Waals surface area contributed by atoms with Crippen molar-refractivity contribution in [1.82, 2.24) is 30.3 Å². The molecule has 8 nitrogen and oxygen atoms in total. The molecule has 0 saturated carbocycles. The molecular formula is C20H20N6O2S. The lowest BCUT2D eigenvalue weighted by molar-refractivity contribution is -0.122. The van der Waals surface area contributed by atoms with Crippen molar-refractivity contribution in [1.29, 1.82) is 0 Å². The highest BCUT2D eigenvalue weighted by molar-refractivity contribution is 7.98. The van der Waals surface area contributed by atoms with E-state index >= 15 is 0 Å². The molecule has 0 unspecified atom stereocenters. The number of carbonyl (C=O) groups excluding carboxylic acids is 1. The molecule has 1 amide bonds. The number of carbonyl (C=O) groups is 1. The second kappa shape index (κ2) is 8.44. The Hall–Kier alpha value is -3.20. The largest absolute Gasteiger partial charge is 0.345 e. The number of amides is 1. The fourth-order valence-corrected chi connectivity index (χ4v) is 3.62. The number of aromatic amines is 1. The highest BCUT2D eigenvalue weighted by atomic mass is 32.2. The average Bonchev–Trinajstić information content (AvgIpc) is 3.17. The van der Waals surface area contributed by atoms with Crippen LogP contribution in [0.5, 0.6) is 0 Å². The first-order valence-corrected chi connectivity index (χ1v) is 10.6. The van der Waals surface area contributed by atoms with Crippen LogP contribution in [0.2, 0.25) is 0 Å². The van der Waals surface area contributed by atoms with E-state index < -0.39 is 0 Å². The number of fused-ring (bicyclic) bond motifs is 2. The minimum atomic E-state index is -0.338. The number of rotatable bonds is 7. The van der Waals surface area contributed by atoms with Crippen molar-refractivity contribution in [2.24, 2.45) is 0 Å². The molecule has 2 aromatic heterocycles. The van der Waals surface area contributed by atoms with Gasteiger partial charge in [0, 0.05) is 0 Å². The molecule has 0 saturated heterocycles. The van der Waals surface area contributed by atoms with Crippen LogP contribution in [0.3, 0.4) is 0 Å². The second-order valence-electron chi connectivity index (χ2n) is 6.61. The number of para-hydroxylation sites is 2. The third-order valence-corrected chi connectivity index (χ3v) is 5.25. The van der Waals surface area contributed by atoms with Gasteiger partial charge >= 0.3 is 0 Å². The van der Waals surface area contributed by atoms with Gasteiger partial charge in [-0.3, -0.25) is 9.59 Å². The van der Waals surface area contributed by atoms with E-state index in [1.807, 2.05) is 30.5 Å². The molecule has 2 heterocycles. The fourth-order valence-electron chi connectivity index (χ4n) is 3.15. The zero-order valence-electron chi connectivity index (χ0n) is 15.8. The zero-order chi connectivity index (χ0) is 20.2. The van der Waals surface area contributed by atoms with E-state index in [1.165, 1.54) is 0 Å². The monoisotopic (exact) mass is 408 g/mol. The van der Waals surface area contributed by atoms with Crippen molar-refractivity contribution in [3.63, 3.8) is 0 Å². The number of nitrogens with zero attached hydrogens (tertiary/aromatic N) is 4. The molecule has 4 rings (SSSR count). The summed E-state index contributed by atoms with van der Waals surface area (Å²) in [7, 11) is 0. The Morgan fingerprint density at radius 2 is 1.93 bits per heavy atom. The molecule has 0 radical (unpaired) electrons. The molecule has 0 bridgehead atoms. The smallest absolute Gasteiger partial charge is 0.278 e. The van der Waals surface area contributed by atoms with Gasteiger partial charge in [-0.05, 0) is 42.7 Å². The van der Waals surface area contributed by atoms with Crippen LogP contribution in [0, 0.1) is 0 Å². The lowest BCUT2D eigenvalue weighted by Gasteiger charge is -2.16. The standard InChI is InChI=1S/C20H20N6O2S/c1-29-11-10-17(19-22-15-8-4-5-9-16(15)23-19)21-18(27)12-26-20(28)13-6-2-3-7-14(13)24-25-26/h2-9,17H,10-12H2,1H3,(H,21,27)(H,22,23)/t17-/m0/s1. The Morgan fingerprint density at radius 1 is 1.17 bits per heavy atom. The van der Waals surface area contributed by atoms with Gasteiger partial charge in [0.2, 0.25) is 5.91 Å². The van der Waals surface area contributed by atoms with E-state index in [0.29, 0.717) is 23.1 Å². The molecule has 0 aliphatic rings. The van der Waals surface area contributed by atoms with E-state index in [2.05, 4.69) is 25.6 Å². The number of hydrogen-bond donors (Lipinski definition) is 2. The molecule has 148 valence electrons. The van der Waals surface area contributed by atoms with Crippen LogP contribution in [0.15, 0.2) is 53.3 Å². The molecule has 4 aromatic rings. The maximum Gasteiger partial charge on any atom is 0.278 e. The van der Waals surface area contributed by atoms with Crippen LogP contribution >= 0.6 is 11.8 Å². The second-order valence-corrected chi connectivity index (χ2v) is 7.60. The van der Waals surface area contributed by atoms with Gasteiger partial charge < -0.3 is 10.3 Å². The summed E-state index contributed by atoms with van der Waals surface area (Å²) in [4.78, 5) is 33.1. The van der Waals surface area contributed by atoms with Gasteiger partial charge in [-0.2, -0.15) is 11.8 Å². The lowest BCUT2D eigenvalue weighted by Crippen LogP contribution is -2.36. The Bertz CT molecular complexity index is 1190. The van der Waals surface area contributed by atoms with Gasteiger partial charge in [0.05, 0.1) is 22.5 Å². The van der Waals surface area contributed by atoms with Gasteiger partial charge in [0.25, 0.3) is 5.56 Å². The third kappa shape index (κ3) is 4.14. The van der Waals surface area contributed by atoms with Gasteiger partial charge in [0.1, 0.15) is 17.9 Å². The van der Waals surface area contributed by atoms with Crippen molar-refractivity contribution in [2.45, 2.75) is 19.0 Å². The summed E-state index contributed by atoms with van der Waals surface area (Å²) >= 11 is 1.70. The number of benzene rings is 2. The molecule has 2 N–H and O–H groups in total. The van der Waals surface area contributed by atoms with E-state index in [-0.39, 0.29) is 24.1 Å². The molecular weight excluding hydrogens is 388 g/mol. The molecule has 0 fully saturated rings. The Labute approximate surface area is 170 Å². The molecule has 1 atom stereocenters. The first-order valence-electron chi connectivity index (χ1n) is 9.21. The van der Waals surface area contributed by atoms with Crippen molar-refractivity contribution in [2.75, 3.05) is 12.0 Å². The predicted octanol–water partition coefficient (Wildman–Crippen LogP) is 2.28. The third-order valence-electron chi connectivity index (χ3n) is 4.61. The number of nitrogens with one attached hydrogen (secondary N) is 2. The quantitative estimate of drug-likeness (QED) is 0.486. The minimum absolute atomic E-state index is 0.202. The molecule has 9 heteroatoms. The van der Waals surface area contributed by atoms with Gasteiger partial charge in [-0.15, -0.1) is 5.10 Å². The summed E-state index contributed by atoms with van der Waals surface area (Å²) < 4.78 is 1.09. The maximum atomic E-state index is 12.7. The normalized spacial score (nSPS) is 12.3. The fraction of sp³-hybridized carbons (Fsp3) is 0.250. The van der Waals surface area contributed by atoms with E-state index in [0.717, 1.165) is 21.5 Å². The van der Waals surface area contributed by atoms with Crippen molar-refractivity contribution >= 4 is 39.6 Å². The van der Waals surface area contributed by atoms with Crippen LogP contribution in [0.1, 0.15) is 18.3 Å². The van der Waals surface area contributed by atoms with Gasteiger partial charge in [-0.25, -0.2) is 9.67 Å². The van der Waals surface area contributed by atoms with E-state index in [1.54, 1.807) is 36.0 Å². The number of hydrogen-bond acceptors (Lipinski definition) is 6. The lowest BCUT2D eigenvalue weighted by atomic mass is 10.2. The molecule has 2 aromatic carbocycles. The van der Waals surface area contributed by atoms with Crippen LogP contribution in [0.25, 0.3) is 21.9 Å². The number of thioether (sulfide) groups is 1. The highest BCUT2D eigenvalue weighted by Gasteiger charge is 2.19. The SMILES string of the molecule is CSCC[C@H](NC(=O)Cn1nnc2ccccc2c1=O)c1nc2ccccc2[nH]1. The van der Waals surface area contributed by atoms with Crippen LogP contribution in [-0.4, -0.2) is 42.9 Å². The van der Waals surface area contributed by atoms with E-state index in [9.17, 15) is 9.59 Å². The molecule has 0 aliphatic carbocycles. The first-order chi connectivity index (χ1) is 14.2. The number of H-pyrrole nitrogens is 1. The zero-order valence-corrected chi connectivity index (χ0v) is 16.6. The summed E-state index contributed by atoms with van der Waals surface area (Å²) in [5.74, 6) is 1.24. The highest BCUT2D eigenvalue weighted by Crippen LogP contribution is 2.20. The van der Waals surface area contributed by atoms with Gasteiger partial charge in [0.15, 0.2) is 0 Å². The van der Waals surface area contributed by atoms with E-state index in [4.69, 9.17) is 0 Å². The Morgan fingerprint density at radius 3 is 2.72 bits per heavy atom. The summed E-state index contributed by atoms with van der Waals surface area (Å²) in [6.45, 7) is -0.202. The topological polar surface area (TPSA) is 106 Å². The Kier molecular flexibility index (Phi) is 5.57. The summed E-state index contributed by atoms with van der Waals surface area (Å²) in [5, 5.41) is 11.3.